The van der Waals surface area contributed by atoms with E-state index in [9.17, 15) is 19.7 Å². The molecule has 0 bridgehead atoms. The molecule has 0 aliphatic heterocycles. The van der Waals surface area contributed by atoms with Gasteiger partial charge in [-0.3, -0.25) is 14.9 Å². The summed E-state index contributed by atoms with van der Waals surface area (Å²) < 4.78 is 4.82. The summed E-state index contributed by atoms with van der Waals surface area (Å²) in [5.74, 6) is -1.44. The van der Waals surface area contributed by atoms with Crippen molar-refractivity contribution in [2.24, 2.45) is 0 Å². The molecule has 1 aromatic rings. The van der Waals surface area contributed by atoms with Gasteiger partial charge in [0.05, 0.1) is 29.4 Å². The number of hydrogen-bond acceptors (Lipinski definition) is 6. The first-order chi connectivity index (χ1) is 9.40. The predicted molar refractivity (Wildman–Crippen MR) is 76.0 cm³/mol. The number of carbonyl (C=O) groups excluding carboxylic acids is 2. The molecule has 1 amide bonds. The van der Waals surface area contributed by atoms with Crippen molar-refractivity contribution >= 4 is 45.8 Å². The van der Waals surface area contributed by atoms with Crippen LogP contribution in [-0.4, -0.2) is 23.9 Å². The van der Waals surface area contributed by atoms with Crippen LogP contribution in [0.5, 0.6) is 0 Å². The van der Waals surface area contributed by atoms with Gasteiger partial charge in [-0.05, 0) is 22.6 Å². The highest BCUT2D eigenvalue weighted by Gasteiger charge is 2.22. The number of esters is 1. The standard InChI is InChI=1S/C11H8IN3O5/c1-20-11(17)7-4-6(15(18)19)5-8(12)10(7)14-9(16)2-3-13/h4-5H,2H2,1H3,(H,14,16). The van der Waals surface area contributed by atoms with E-state index < -0.39 is 23.2 Å². The molecule has 0 radical (unpaired) electrons. The molecule has 0 unspecified atom stereocenters. The number of nitriles is 1. The highest BCUT2D eigenvalue weighted by Crippen LogP contribution is 2.29. The number of nitrogens with one attached hydrogen (secondary N) is 1. The van der Waals surface area contributed by atoms with Crippen molar-refractivity contribution < 1.29 is 19.2 Å². The molecule has 1 N–H and O–H groups in total. The number of hydrogen-bond donors (Lipinski definition) is 1. The number of carbonyl (C=O) groups is 2. The van der Waals surface area contributed by atoms with Crippen LogP contribution in [0.25, 0.3) is 0 Å². The van der Waals surface area contributed by atoms with Crippen molar-refractivity contribution in [2.75, 3.05) is 12.4 Å². The Balaban J connectivity index is 3.34. The molecule has 9 heteroatoms. The lowest BCUT2D eigenvalue weighted by Gasteiger charge is -2.11. The van der Waals surface area contributed by atoms with E-state index in [2.05, 4.69) is 10.1 Å². The van der Waals surface area contributed by atoms with E-state index in [1.54, 1.807) is 28.7 Å². The minimum Gasteiger partial charge on any atom is -0.465 e. The van der Waals surface area contributed by atoms with Gasteiger partial charge in [-0.2, -0.15) is 5.26 Å². The van der Waals surface area contributed by atoms with Gasteiger partial charge < -0.3 is 10.1 Å². The maximum atomic E-state index is 11.6. The first kappa shape index (κ1) is 15.8. The second kappa shape index (κ2) is 6.80. The smallest absolute Gasteiger partial charge is 0.340 e. The van der Waals surface area contributed by atoms with E-state index in [4.69, 9.17) is 5.26 Å². The quantitative estimate of drug-likeness (QED) is 0.363. The Morgan fingerprint density at radius 1 is 1.55 bits per heavy atom. The average Bonchev–Trinajstić information content (AvgIpc) is 2.39. The van der Waals surface area contributed by atoms with E-state index in [1.165, 1.54) is 6.07 Å². The Bertz CT molecular complexity index is 623. The molecule has 0 aromatic heterocycles. The van der Waals surface area contributed by atoms with E-state index in [-0.39, 0.29) is 16.9 Å². The molecule has 104 valence electrons. The number of anilines is 1. The van der Waals surface area contributed by atoms with Gasteiger partial charge >= 0.3 is 5.97 Å². The van der Waals surface area contributed by atoms with Crippen LogP contribution in [0.4, 0.5) is 11.4 Å². The molecule has 1 rings (SSSR count). The largest absolute Gasteiger partial charge is 0.465 e. The molecule has 0 spiro atoms. The van der Waals surface area contributed by atoms with Crippen LogP contribution < -0.4 is 5.32 Å². The fourth-order valence-corrected chi connectivity index (χ4v) is 2.10. The lowest BCUT2D eigenvalue weighted by atomic mass is 10.1. The Labute approximate surface area is 127 Å². The first-order valence-corrected chi connectivity index (χ1v) is 6.21. The number of halogens is 1. The zero-order valence-corrected chi connectivity index (χ0v) is 12.3. The van der Waals surface area contributed by atoms with Crippen molar-refractivity contribution in [3.63, 3.8) is 0 Å². The Hall–Kier alpha value is -2.22. The van der Waals surface area contributed by atoms with Crippen LogP contribution in [0.15, 0.2) is 12.1 Å². The summed E-state index contributed by atoms with van der Waals surface area (Å²) in [6, 6.07) is 3.87. The molecule has 0 saturated heterocycles. The molecule has 0 heterocycles. The number of rotatable bonds is 4. The molecule has 0 aliphatic rings. The second-order valence-electron chi connectivity index (χ2n) is 3.48. The Morgan fingerprint density at radius 3 is 2.70 bits per heavy atom. The van der Waals surface area contributed by atoms with Crippen molar-refractivity contribution in [1.82, 2.24) is 0 Å². The number of nitro groups is 1. The van der Waals surface area contributed by atoms with Crippen LogP contribution >= 0.6 is 22.6 Å². The van der Waals surface area contributed by atoms with Crippen LogP contribution in [0.1, 0.15) is 16.8 Å². The summed E-state index contributed by atoms with van der Waals surface area (Å²) in [4.78, 5) is 33.2. The summed E-state index contributed by atoms with van der Waals surface area (Å²) >= 11 is 1.75. The third kappa shape index (κ3) is 3.64. The molecule has 8 nitrogen and oxygen atoms in total. The first-order valence-electron chi connectivity index (χ1n) is 5.13. The van der Waals surface area contributed by atoms with Crippen LogP contribution in [0.2, 0.25) is 0 Å². The number of amides is 1. The summed E-state index contributed by atoms with van der Waals surface area (Å²) in [5, 5.41) is 21.6. The minimum atomic E-state index is -0.820. The monoisotopic (exact) mass is 389 g/mol. The van der Waals surface area contributed by atoms with Gasteiger partial charge in [-0.25, -0.2) is 4.79 Å². The van der Waals surface area contributed by atoms with Crippen LogP contribution in [0.3, 0.4) is 0 Å². The van der Waals surface area contributed by atoms with Gasteiger partial charge in [-0.15, -0.1) is 0 Å². The van der Waals surface area contributed by atoms with Crippen molar-refractivity contribution in [2.45, 2.75) is 6.42 Å². The fraction of sp³-hybridized carbons (Fsp3) is 0.182. The minimum absolute atomic E-state index is 0.0864. The maximum Gasteiger partial charge on any atom is 0.340 e. The van der Waals surface area contributed by atoms with Gasteiger partial charge in [0, 0.05) is 15.7 Å². The normalized spacial score (nSPS) is 9.45. The maximum absolute atomic E-state index is 11.6. The molecule has 0 atom stereocenters. The summed E-state index contributed by atoms with van der Waals surface area (Å²) in [6.45, 7) is 0. The molecule has 0 fully saturated rings. The highest BCUT2D eigenvalue weighted by atomic mass is 127. The molecule has 0 aliphatic carbocycles. The van der Waals surface area contributed by atoms with E-state index in [0.717, 1.165) is 13.2 Å². The number of non-ortho nitro benzene ring substituents is 1. The van der Waals surface area contributed by atoms with Crippen LogP contribution in [-0.2, 0) is 9.53 Å². The number of benzene rings is 1. The Kier molecular flexibility index (Phi) is 5.39. The van der Waals surface area contributed by atoms with Crippen LogP contribution in [0, 0.1) is 25.0 Å². The third-order valence-electron chi connectivity index (χ3n) is 2.20. The Morgan fingerprint density at radius 2 is 2.20 bits per heavy atom. The van der Waals surface area contributed by atoms with E-state index >= 15 is 0 Å². The zero-order chi connectivity index (χ0) is 15.3. The molecular weight excluding hydrogens is 381 g/mol. The van der Waals surface area contributed by atoms with Crippen molar-refractivity contribution in [3.8, 4) is 6.07 Å². The number of methoxy groups -OCH3 is 1. The van der Waals surface area contributed by atoms with E-state index in [1.807, 2.05) is 0 Å². The lowest BCUT2D eigenvalue weighted by molar-refractivity contribution is -0.385. The summed E-state index contributed by atoms with van der Waals surface area (Å²) in [5.41, 5.74) is -0.353. The highest BCUT2D eigenvalue weighted by molar-refractivity contribution is 14.1. The lowest BCUT2D eigenvalue weighted by Crippen LogP contribution is -2.16. The number of nitro benzene ring substituents is 1. The zero-order valence-electron chi connectivity index (χ0n) is 10.2. The fourth-order valence-electron chi connectivity index (χ4n) is 1.35. The molecule has 1 aromatic carbocycles. The van der Waals surface area contributed by atoms with Gasteiger partial charge in [-0.1, -0.05) is 0 Å². The van der Waals surface area contributed by atoms with Crippen molar-refractivity contribution in [3.05, 3.63) is 31.4 Å². The summed E-state index contributed by atoms with van der Waals surface area (Å²) in [6.07, 6.45) is -0.395. The van der Waals surface area contributed by atoms with Gasteiger partial charge in [0.1, 0.15) is 6.42 Å². The summed E-state index contributed by atoms with van der Waals surface area (Å²) in [7, 11) is 1.12. The molecule has 0 saturated carbocycles. The second-order valence-corrected chi connectivity index (χ2v) is 4.64. The molecular formula is C11H8IN3O5. The molecule has 20 heavy (non-hydrogen) atoms. The predicted octanol–water partition coefficient (Wildman–Crippen LogP) is 1.84. The van der Waals surface area contributed by atoms with Gasteiger partial charge in [0.2, 0.25) is 5.91 Å². The number of nitrogens with zero attached hydrogens (tertiary/aromatic N) is 2. The number of ether oxygens (including phenoxy) is 1. The van der Waals surface area contributed by atoms with Gasteiger partial charge in [0.25, 0.3) is 5.69 Å². The SMILES string of the molecule is COC(=O)c1cc([N+](=O)[O-])cc(I)c1NC(=O)CC#N. The topological polar surface area (TPSA) is 122 Å². The van der Waals surface area contributed by atoms with Crippen molar-refractivity contribution in [1.29, 1.82) is 5.26 Å². The average molecular weight is 389 g/mol. The van der Waals surface area contributed by atoms with Gasteiger partial charge in [0.15, 0.2) is 0 Å². The third-order valence-corrected chi connectivity index (χ3v) is 3.05. The van der Waals surface area contributed by atoms with E-state index in [0.29, 0.717) is 3.57 Å².